The molecule has 24 heavy (non-hydrogen) atoms. The van der Waals surface area contributed by atoms with Gasteiger partial charge in [-0.05, 0) is 30.3 Å². The fraction of sp³-hybridized carbons (Fsp3) is 0.176. The molecular formula is C17H13Cl3N2O2. The number of hydrogen-bond acceptors (Lipinski definition) is 2. The Balaban J connectivity index is 1.76. The van der Waals surface area contributed by atoms with Crippen LogP contribution in [0.2, 0.25) is 15.1 Å². The molecule has 1 N–H and O–H groups in total. The molecule has 1 aliphatic heterocycles. The third-order valence-electron chi connectivity index (χ3n) is 3.80. The SMILES string of the molecule is O=C(Nc1cccc(Cl)c1)C1CC(=O)N(c2c(Cl)cccc2Cl)C1. The van der Waals surface area contributed by atoms with Crippen molar-refractivity contribution in [2.24, 2.45) is 5.92 Å². The minimum atomic E-state index is -0.483. The minimum absolute atomic E-state index is 0.105. The van der Waals surface area contributed by atoms with Gasteiger partial charge in [-0.3, -0.25) is 9.59 Å². The van der Waals surface area contributed by atoms with Crippen molar-refractivity contribution in [1.29, 1.82) is 0 Å². The summed E-state index contributed by atoms with van der Waals surface area (Å²) in [6, 6.07) is 11.9. The summed E-state index contributed by atoms with van der Waals surface area (Å²) in [5.41, 5.74) is 1.04. The summed E-state index contributed by atoms with van der Waals surface area (Å²) >= 11 is 18.2. The highest BCUT2D eigenvalue weighted by atomic mass is 35.5. The summed E-state index contributed by atoms with van der Waals surface area (Å²) in [6.45, 7) is 0.231. The molecule has 1 unspecified atom stereocenters. The number of hydrogen-bond donors (Lipinski definition) is 1. The number of rotatable bonds is 3. The first-order chi connectivity index (χ1) is 11.5. The van der Waals surface area contributed by atoms with E-state index in [9.17, 15) is 9.59 Å². The van der Waals surface area contributed by atoms with Crippen LogP contribution in [0, 0.1) is 5.92 Å². The fourth-order valence-electron chi connectivity index (χ4n) is 2.66. The van der Waals surface area contributed by atoms with Crippen LogP contribution in [0.15, 0.2) is 42.5 Å². The lowest BCUT2D eigenvalue weighted by atomic mass is 10.1. The van der Waals surface area contributed by atoms with Gasteiger partial charge >= 0.3 is 0 Å². The Kier molecular flexibility index (Phi) is 4.99. The van der Waals surface area contributed by atoms with Crippen molar-refractivity contribution in [3.8, 4) is 0 Å². The van der Waals surface area contributed by atoms with Gasteiger partial charge in [0, 0.05) is 23.7 Å². The van der Waals surface area contributed by atoms with Gasteiger partial charge in [-0.1, -0.05) is 46.9 Å². The maximum Gasteiger partial charge on any atom is 0.229 e. The van der Waals surface area contributed by atoms with Crippen LogP contribution < -0.4 is 10.2 Å². The molecule has 0 saturated carbocycles. The first kappa shape index (κ1) is 17.1. The molecule has 1 heterocycles. The highest BCUT2D eigenvalue weighted by molar-refractivity contribution is 6.40. The Bertz CT molecular complexity index is 790. The number of benzene rings is 2. The van der Waals surface area contributed by atoms with E-state index in [4.69, 9.17) is 34.8 Å². The summed E-state index contributed by atoms with van der Waals surface area (Å²) in [6.07, 6.45) is 0.105. The molecule has 1 atom stereocenters. The topological polar surface area (TPSA) is 49.4 Å². The summed E-state index contributed by atoms with van der Waals surface area (Å²) in [7, 11) is 0. The summed E-state index contributed by atoms with van der Waals surface area (Å²) in [5, 5.41) is 4.07. The quantitative estimate of drug-likeness (QED) is 0.839. The first-order valence-electron chi connectivity index (χ1n) is 7.26. The predicted octanol–water partition coefficient (Wildman–Crippen LogP) is 4.64. The molecule has 3 rings (SSSR count). The van der Waals surface area contributed by atoms with Crippen molar-refractivity contribution in [2.45, 2.75) is 6.42 Å². The Morgan fingerprint density at radius 1 is 1.08 bits per heavy atom. The van der Waals surface area contributed by atoms with E-state index < -0.39 is 5.92 Å². The Hall–Kier alpha value is -1.75. The van der Waals surface area contributed by atoms with Gasteiger partial charge < -0.3 is 10.2 Å². The second-order valence-electron chi connectivity index (χ2n) is 5.48. The summed E-state index contributed by atoms with van der Waals surface area (Å²) in [5.74, 6) is -0.906. The third-order valence-corrected chi connectivity index (χ3v) is 4.64. The van der Waals surface area contributed by atoms with E-state index >= 15 is 0 Å². The van der Waals surface area contributed by atoms with Crippen LogP contribution in [0.5, 0.6) is 0 Å². The molecule has 0 radical (unpaired) electrons. The normalized spacial score (nSPS) is 17.2. The average molecular weight is 384 g/mol. The van der Waals surface area contributed by atoms with Crippen molar-refractivity contribution >= 4 is 58.0 Å². The summed E-state index contributed by atoms with van der Waals surface area (Å²) in [4.78, 5) is 26.2. The zero-order valence-electron chi connectivity index (χ0n) is 12.4. The second kappa shape index (κ2) is 7.01. The van der Waals surface area contributed by atoms with Gasteiger partial charge in [-0.15, -0.1) is 0 Å². The Morgan fingerprint density at radius 2 is 1.75 bits per heavy atom. The largest absolute Gasteiger partial charge is 0.326 e. The van der Waals surface area contributed by atoms with Gasteiger partial charge in [0.2, 0.25) is 11.8 Å². The molecule has 2 amide bonds. The van der Waals surface area contributed by atoms with E-state index in [-0.39, 0.29) is 24.8 Å². The summed E-state index contributed by atoms with van der Waals surface area (Å²) < 4.78 is 0. The number of anilines is 2. The molecule has 7 heteroatoms. The molecule has 1 fully saturated rings. The van der Waals surface area contributed by atoms with Crippen molar-refractivity contribution in [1.82, 2.24) is 0 Å². The average Bonchev–Trinajstić information content (AvgIpc) is 2.89. The van der Waals surface area contributed by atoms with Crippen LogP contribution in [-0.4, -0.2) is 18.4 Å². The first-order valence-corrected chi connectivity index (χ1v) is 8.40. The molecule has 1 aliphatic rings. The molecule has 2 aromatic rings. The van der Waals surface area contributed by atoms with Gasteiger partial charge in [0.25, 0.3) is 0 Å². The van der Waals surface area contributed by atoms with Crippen LogP contribution in [-0.2, 0) is 9.59 Å². The molecule has 0 bridgehead atoms. The van der Waals surface area contributed by atoms with Crippen LogP contribution in [0.4, 0.5) is 11.4 Å². The van der Waals surface area contributed by atoms with Crippen LogP contribution in [0.3, 0.4) is 0 Å². The number of para-hydroxylation sites is 1. The van der Waals surface area contributed by atoms with Crippen LogP contribution in [0.25, 0.3) is 0 Å². The number of nitrogens with one attached hydrogen (secondary N) is 1. The van der Waals surface area contributed by atoms with Gasteiger partial charge in [0.05, 0.1) is 21.7 Å². The fourth-order valence-corrected chi connectivity index (χ4v) is 3.45. The van der Waals surface area contributed by atoms with E-state index in [0.717, 1.165) is 0 Å². The number of carbonyl (C=O) groups is 2. The molecule has 0 spiro atoms. The lowest BCUT2D eigenvalue weighted by Gasteiger charge is -2.19. The van der Waals surface area contributed by atoms with Crippen molar-refractivity contribution in [3.05, 3.63) is 57.5 Å². The van der Waals surface area contributed by atoms with E-state index in [1.54, 1.807) is 42.5 Å². The molecule has 0 aromatic heterocycles. The third kappa shape index (κ3) is 3.51. The highest BCUT2D eigenvalue weighted by Gasteiger charge is 2.36. The number of halogens is 3. The minimum Gasteiger partial charge on any atom is -0.326 e. The van der Waals surface area contributed by atoms with E-state index in [1.807, 2.05) is 0 Å². The van der Waals surface area contributed by atoms with Gasteiger partial charge in [-0.25, -0.2) is 0 Å². The predicted molar refractivity (Wildman–Crippen MR) is 97.0 cm³/mol. The smallest absolute Gasteiger partial charge is 0.229 e. The zero-order chi connectivity index (χ0) is 17.3. The second-order valence-corrected chi connectivity index (χ2v) is 6.73. The maximum absolute atomic E-state index is 12.4. The maximum atomic E-state index is 12.4. The molecular weight excluding hydrogens is 371 g/mol. The van der Waals surface area contributed by atoms with Gasteiger partial charge in [0.1, 0.15) is 0 Å². The Morgan fingerprint density at radius 3 is 2.42 bits per heavy atom. The number of nitrogens with zero attached hydrogens (tertiary/aromatic N) is 1. The van der Waals surface area contributed by atoms with E-state index in [2.05, 4.69) is 5.32 Å². The van der Waals surface area contributed by atoms with Crippen molar-refractivity contribution in [3.63, 3.8) is 0 Å². The lowest BCUT2D eigenvalue weighted by molar-refractivity contribution is -0.122. The standard InChI is InChI=1S/C17H13Cl3N2O2/c18-11-3-1-4-12(8-11)21-17(24)10-7-15(23)22(9-10)16-13(19)5-2-6-14(16)20/h1-6,8,10H,7,9H2,(H,21,24). The number of amides is 2. The van der Waals surface area contributed by atoms with Gasteiger partial charge in [0.15, 0.2) is 0 Å². The lowest BCUT2D eigenvalue weighted by Crippen LogP contribution is -2.28. The molecule has 1 saturated heterocycles. The monoisotopic (exact) mass is 382 g/mol. The molecule has 0 aliphatic carbocycles. The van der Waals surface area contributed by atoms with E-state index in [1.165, 1.54) is 4.90 Å². The molecule has 2 aromatic carbocycles. The van der Waals surface area contributed by atoms with Crippen molar-refractivity contribution in [2.75, 3.05) is 16.8 Å². The Labute approximate surface area is 154 Å². The number of carbonyl (C=O) groups excluding carboxylic acids is 2. The van der Waals surface area contributed by atoms with E-state index in [0.29, 0.717) is 26.4 Å². The molecule has 4 nitrogen and oxygen atoms in total. The van der Waals surface area contributed by atoms with Gasteiger partial charge in [-0.2, -0.15) is 0 Å². The van der Waals surface area contributed by atoms with Crippen LogP contribution in [0.1, 0.15) is 6.42 Å². The van der Waals surface area contributed by atoms with Crippen LogP contribution >= 0.6 is 34.8 Å². The van der Waals surface area contributed by atoms with Crippen molar-refractivity contribution < 1.29 is 9.59 Å². The zero-order valence-corrected chi connectivity index (χ0v) is 14.7. The highest BCUT2D eigenvalue weighted by Crippen LogP contribution is 2.37. The molecule has 124 valence electrons.